The molecular formula is C17H18ClF3N4O. The summed E-state index contributed by atoms with van der Waals surface area (Å²) in [6, 6.07) is 7.06. The smallest absolute Gasteiger partial charge is 0.337 e. The number of carbonyl (C=O) groups excluding carboxylic acids is 1. The number of nitrogens with zero attached hydrogens (tertiary/aromatic N) is 4. The largest absolute Gasteiger partial charge is 0.401 e. The molecule has 0 spiro atoms. The van der Waals surface area contributed by atoms with Gasteiger partial charge in [0.15, 0.2) is 0 Å². The Morgan fingerprint density at radius 1 is 1.19 bits per heavy atom. The van der Waals surface area contributed by atoms with Crippen LogP contribution in [-0.2, 0) is 0 Å². The van der Waals surface area contributed by atoms with E-state index in [1.807, 2.05) is 6.07 Å². The van der Waals surface area contributed by atoms with E-state index in [0.29, 0.717) is 30.1 Å². The van der Waals surface area contributed by atoms with Crippen molar-refractivity contribution < 1.29 is 18.0 Å². The van der Waals surface area contributed by atoms with E-state index in [1.165, 1.54) is 11.1 Å². The van der Waals surface area contributed by atoms with Crippen molar-refractivity contribution in [2.75, 3.05) is 32.7 Å². The summed E-state index contributed by atoms with van der Waals surface area (Å²) in [5, 5.41) is 4.74. The second-order valence-electron chi connectivity index (χ2n) is 6.19. The number of amides is 1. The lowest BCUT2D eigenvalue weighted by atomic mass is 10.3. The van der Waals surface area contributed by atoms with E-state index < -0.39 is 12.7 Å². The first-order chi connectivity index (χ1) is 12.3. The molecule has 0 aliphatic carbocycles. The number of aromatic nitrogens is 2. The predicted octanol–water partition coefficient (Wildman–Crippen LogP) is 3.24. The first-order valence-corrected chi connectivity index (χ1v) is 8.59. The second kappa shape index (κ2) is 7.67. The van der Waals surface area contributed by atoms with Crippen LogP contribution in [0.3, 0.4) is 0 Å². The van der Waals surface area contributed by atoms with Crippen LogP contribution in [0.2, 0.25) is 5.02 Å². The molecule has 3 rings (SSSR count). The Labute approximate surface area is 153 Å². The molecule has 2 aromatic rings. The summed E-state index contributed by atoms with van der Waals surface area (Å²) >= 11 is 5.96. The molecule has 5 nitrogen and oxygen atoms in total. The summed E-state index contributed by atoms with van der Waals surface area (Å²) < 4.78 is 39.2. The monoisotopic (exact) mass is 386 g/mol. The van der Waals surface area contributed by atoms with E-state index >= 15 is 0 Å². The molecule has 0 saturated carbocycles. The lowest BCUT2D eigenvalue weighted by molar-refractivity contribution is -0.145. The van der Waals surface area contributed by atoms with Gasteiger partial charge < -0.3 is 4.90 Å². The number of benzene rings is 1. The van der Waals surface area contributed by atoms with Gasteiger partial charge in [0.2, 0.25) is 0 Å². The van der Waals surface area contributed by atoms with E-state index in [2.05, 4.69) is 5.10 Å². The fourth-order valence-corrected chi connectivity index (χ4v) is 3.15. The highest BCUT2D eigenvalue weighted by Gasteiger charge is 2.32. The van der Waals surface area contributed by atoms with Gasteiger partial charge in [-0.2, -0.15) is 18.3 Å². The van der Waals surface area contributed by atoms with Crippen LogP contribution >= 0.6 is 11.6 Å². The van der Waals surface area contributed by atoms with E-state index in [9.17, 15) is 18.0 Å². The molecule has 0 unspecified atom stereocenters. The molecule has 1 saturated heterocycles. The fourth-order valence-electron chi connectivity index (χ4n) is 2.96. The standard InChI is InChI=1S/C17H18ClF3N4O/c18-14-3-1-4-15(9-14)25-11-13(10-22-25)16(26)24-6-2-5-23(7-8-24)12-17(19,20)21/h1,3-4,9-11H,2,5-8,12H2. The van der Waals surface area contributed by atoms with Crippen molar-refractivity contribution in [1.82, 2.24) is 19.6 Å². The average Bonchev–Trinajstić information content (AvgIpc) is 2.95. The third-order valence-corrected chi connectivity index (χ3v) is 4.42. The van der Waals surface area contributed by atoms with Gasteiger partial charge in [0.25, 0.3) is 5.91 Å². The Kier molecular flexibility index (Phi) is 5.52. The highest BCUT2D eigenvalue weighted by atomic mass is 35.5. The Morgan fingerprint density at radius 3 is 2.73 bits per heavy atom. The normalized spacial score (nSPS) is 16.5. The molecule has 0 bridgehead atoms. The quantitative estimate of drug-likeness (QED) is 0.813. The van der Waals surface area contributed by atoms with E-state index in [1.54, 1.807) is 34.0 Å². The summed E-state index contributed by atoms with van der Waals surface area (Å²) in [5.41, 5.74) is 1.12. The number of rotatable bonds is 3. The molecule has 0 atom stereocenters. The molecule has 1 aromatic heterocycles. The molecule has 1 fully saturated rings. The molecule has 1 amide bonds. The molecule has 2 heterocycles. The van der Waals surface area contributed by atoms with Gasteiger partial charge in [-0.05, 0) is 24.6 Å². The van der Waals surface area contributed by atoms with Crippen LogP contribution in [-0.4, -0.2) is 64.4 Å². The van der Waals surface area contributed by atoms with Gasteiger partial charge in [-0.15, -0.1) is 0 Å². The van der Waals surface area contributed by atoms with E-state index in [0.717, 1.165) is 5.69 Å². The highest BCUT2D eigenvalue weighted by Crippen LogP contribution is 2.19. The first kappa shape index (κ1) is 18.7. The number of carbonyl (C=O) groups is 1. The lowest BCUT2D eigenvalue weighted by Gasteiger charge is -2.22. The molecule has 26 heavy (non-hydrogen) atoms. The molecular weight excluding hydrogens is 369 g/mol. The van der Waals surface area contributed by atoms with Gasteiger partial charge in [-0.25, -0.2) is 4.68 Å². The molecule has 1 aliphatic heterocycles. The van der Waals surface area contributed by atoms with Crippen LogP contribution in [0.1, 0.15) is 16.8 Å². The molecule has 0 N–H and O–H groups in total. The van der Waals surface area contributed by atoms with E-state index in [4.69, 9.17) is 11.6 Å². The summed E-state index contributed by atoms with van der Waals surface area (Å²) in [5.74, 6) is -0.230. The van der Waals surface area contributed by atoms with Crippen LogP contribution in [0.25, 0.3) is 5.69 Å². The Morgan fingerprint density at radius 2 is 2.00 bits per heavy atom. The Bertz CT molecular complexity index is 777. The van der Waals surface area contributed by atoms with Crippen LogP contribution in [0, 0.1) is 0 Å². The fraction of sp³-hybridized carbons (Fsp3) is 0.412. The Hall–Kier alpha value is -2.06. The van der Waals surface area contributed by atoms with Crippen molar-refractivity contribution in [3.05, 3.63) is 47.2 Å². The van der Waals surface area contributed by atoms with Crippen molar-refractivity contribution in [1.29, 1.82) is 0 Å². The maximum atomic E-state index is 12.7. The van der Waals surface area contributed by atoms with Gasteiger partial charge in [-0.1, -0.05) is 17.7 Å². The third kappa shape index (κ3) is 4.76. The van der Waals surface area contributed by atoms with Crippen molar-refractivity contribution in [2.45, 2.75) is 12.6 Å². The molecule has 140 valence electrons. The number of hydrogen-bond acceptors (Lipinski definition) is 3. The topological polar surface area (TPSA) is 41.4 Å². The average molecular weight is 387 g/mol. The summed E-state index contributed by atoms with van der Waals surface area (Å²) in [6.45, 7) is 0.271. The Balaban J connectivity index is 1.66. The zero-order valence-corrected chi connectivity index (χ0v) is 14.7. The zero-order valence-electron chi connectivity index (χ0n) is 13.9. The minimum absolute atomic E-state index is 0.202. The summed E-state index contributed by atoms with van der Waals surface area (Å²) in [6.07, 6.45) is -0.657. The SMILES string of the molecule is O=C(c1cnn(-c2cccc(Cl)c2)c1)N1CCCN(CC(F)(F)F)CC1. The zero-order chi connectivity index (χ0) is 18.7. The maximum Gasteiger partial charge on any atom is 0.401 e. The first-order valence-electron chi connectivity index (χ1n) is 8.21. The maximum absolute atomic E-state index is 12.7. The molecule has 9 heteroatoms. The highest BCUT2D eigenvalue weighted by molar-refractivity contribution is 6.30. The molecule has 0 radical (unpaired) electrons. The number of hydrogen-bond donors (Lipinski definition) is 0. The van der Waals surface area contributed by atoms with Crippen LogP contribution in [0.4, 0.5) is 13.2 Å². The second-order valence-corrected chi connectivity index (χ2v) is 6.63. The van der Waals surface area contributed by atoms with Crippen molar-refractivity contribution >= 4 is 17.5 Å². The van der Waals surface area contributed by atoms with Gasteiger partial charge >= 0.3 is 6.18 Å². The van der Waals surface area contributed by atoms with Gasteiger partial charge in [0.1, 0.15) is 0 Å². The van der Waals surface area contributed by atoms with Crippen LogP contribution < -0.4 is 0 Å². The van der Waals surface area contributed by atoms with E-state index in [-0.39, 0.29) is 19.0 Å². The van der Waals surface area contributed by atoms with Crippen molar-refractivity contribution in [2.24, 2.45) is 0 Å². The minimum Gasteiger partial charge on any atom is -0.337 e. The molecule has 1 aromatic carbocycles. The molecule has 1 aliphatic rings. The summed E-state index contributed by atoms with van der Waals surface area (Å²) in [7, 11) is 0. The number of halogens is 4. The number of alkyl halides is 3. The van der Waals surface area contributed by atoms with Crippen molar-refractivity contribution in [3.8, 4) is 5.69 Å². The predicted molar refractivity (Wildman–Crippen MR) is 91.6 cm³/mol. The minimum atomic E-state index is -4.22. The van der Waals surface area contributed by atoms with Crippen LogP contribution in [0.5, 0.6) is 0 Å². The lowest BCUT2D eigenvalue weighted by Crippen LogP contribution is -2.38. The van der Waals surface area contributed by atoms with Gasteiger partial charge in [0, 0.05) is 37.4 Å². The summed E-state index contributed by atoms with van der Waals surface area (Å²) in [4.78, 5) is 15.6. The van der Waals surface area contributed by atoms with Crippen molar-refractivity contribution in [3.63, 3.8) is 0 Å². The van der Waals surface area contributed by atoms with Gasteiger partial charge in [0.05, 0.1) is 24.0 Å². The third-order valence-electron chi connectivity index (χ3n) is 4.18. The van der Waals surface area contributed by atoms with Gasteiger partial charge in [-0.3, -0.25) is 9.69 Å². The van der Waals surface area contributed by atoms with Crippen LogP contribution in [0.15, 0.2) is 36.7 Å².